The third kappa shape index (κ3) is 3.49. The van der Waals surface area contributed by atoms with Crippen LogP contribution in [0.4, 0.5) is 0 Å². The van der Waals surface area contributed by atoms with Gasteiger partial charge in [-0.3, -0.25) is 9.78 Å². The summed E-state index contributed by atoms with van der Waals surface area (Å²) >= 11 is 0. The van der Waals surface area contributed by atoms with E-state index in [1.807, 2.05) is 54.3 Å². The molecule has 0 radical (unpaired) electrons. The molecule has 0 saturated carbocycles. The van der Waals surface area contributed by atoms with Crippen LogP contribution >= 0.6 is 0 Å². The second-order valence-corrected chi connectivity index (χ2v) is 6.59. The smallest absolute Gasteiger partial charge is 0.255 e. The van der Waals surface area contributed by atoms with E-state index in [0.29, 0.717) is 12.1 Å². The zero-order valence-electron chi connectivity index (χ0n) is 14.3. The molecule has 1 fully saturated rings. The molecule has 2 atom stereocenters. The quantitative estimate of drug-likeness (QED) is 0.942. The van der Waals surface area contributed by atoms with Crippen LogP contribution in [-0.2, 0) is 0 Å². The molecule has 0 aliphatic carbocycles. The van der Waals surface area contributed by atoms with Gasteiger partial charge >= 0.3 is 0 Å². The number of amides is 1. The number of aromatic nitrogens is 1. The van der Waals surface area contributed by atoms with Gasteiger partial charge in [0.05, 0.1) is 23.1 Å². The summed E-state index contributed by atoms with van der Waals surface area (Å²) in [6, 6.07) is 13.8. The second kappa shape index (κ2) is 7.14. The Kier molecular flexibility index (Phi) is 4.95. The topological polar surface area (TPSA) is 53.4 Å². The van der Waals surface area contributed by atoms with Gasteiger partial charge in [-0.2, -0.15) is 0 Å². The lowest BCUT2D eigenvalue weighted by Gasteiger charge is -2.34. The lowest BCUT2D eigenvalue weighted by molar-refractivity contribution is 0.0465. The molecular weight excluding hydrogens is 300 g/mol. The molecule has 24 heavy (non-hydrogen) atoms. The summed E-state index contributed by atoms with van der Waals surface area (Å²) in [6.07, 6.45) is 1.54. The van der Waals surface area contributed by atoms with Gasteiger partial charge < -0.3 is 10.0 Å². The van der Waals surface area contributed by atoms with Gasteiger partial charge in [-0.05, 0) is 38.8 Å². The average Bonchev–Trinajstić information content (AvgIpc) is 2.62. The van der Waals surface area contributed by atoms with E-state index in [9.17, 15) is 9.90 Å². The molecule has 4 heteroatoms. The molecule has 2 unspecified atom stereocenters. The Morgan fingerprint density at radius 2 is 2.00 bits per heavy atom. The van der Waals surface area contributed by atoms with E-state index in [0.717, 1.165) is 36.3 Å². The number of likely N-dealkylation sites (tertiary alicyclic amines) is 1. The molecule has 1 amide bonds. The Bertz CT molecular complexity index is 713. The van der Waals surface area contributed by atoms with Crippen LogP contribution in [0.15, 0.2) is 42.5 Å². The minimum atomic E-state index is -0.375. The van der Waals surface area contributed by atoms with E-state index in [4.69, 9.17) is 0 Å². The van der Waals surface area contributed by atoms with Crippen LogP contribution in [0, 0.1) is 12.8 Å². The van der Waals surface area contributed by atoms with E-state index in [1.54, 1.807) is 6.92 Å². The van der Waals surface area contributed by atoms with Crippen molar-refractivity contribution in [2.24, 2.45) is 5.92 Å². The molecule has 0 spiro atoms. The molecule has 1 N–H and O–H groups in total. The van der Waals surface area contributed by atoms with Crippen LogP contribution in [0.25, 0.3) is 11.3 Å². The summed E-state index contributed by atoms with van der Waals surface area (Å²) in [5.41, 5.74) is 3.33. The number of hydrogen-bond donors (Lipinski definition) is 1. The van der Waals surface area contributed by atoms with E-state index in [1.165, 1.54) is 0 Å². The second-order valence-electron chi connectivity index (χ2n) is 6.59. The molecule has 1 aliphatic heterocycles. The van der Waals surface area contributed by atoms with Crippen molar-refractivity contribution < 1.29 is 9.90 Å². The van der Waals surface area contributed by atoms with Crippen molar-refractivity contribution in [2.45, 2.75) is 32.8 Å². The molecule has 1 aliphatic rings. The van der Waals surface area contributed by atoms with E-state index in [2.05, 4.69) is 4.98 Å². The number of carbonyl (C=O) groups is 1. The Hall–Kier alpha value is -2.20. The fourth-order valence-electron chi connectivity index (χ4n) is 3.32. The van der Waals surface area contributed by atoms with Gasteiger partial charge in [0.1, 0.15) is 0 Å². The maximum Gasteiger partial charge on any atom is 0.255 e. The average molecular weight is 324 g/mol. The van der Waals surface area contributed by atoms with Gasteiger partial charge in [-0.25, -0.2) is 0 Å². The number of aliphatic hydroxyl groups excluding tert-OH is 1. The largest absolute Gasteiger partial charge is 0.393 e. The predicted molar refractivity (Wildman–Crippen MR) is 94.7 cm³/mol. The molecular formula is C20H24N2O2. The SMILES string of the molecule is Cc1nc(-c2ccccc2)ccc1C(=O)N1CCCC(C(C)O)C1. The van der Waals surface area contributed by atoms with Crippen molar-refractivity contribution in [1.29, 1.82) is 0 Å². The number of carbonyl (C=O) groups excluding carboxylic acids is 1. The molecule has 1 aromatic heterocycles. The van der Waals surface area contributed by atoms with Gasteiger partial charge in [0.2, 0.25) is 0 Å². The standard InChI is InChI=1S/C20H24N2O2/c1-14-18(10-11-19(21-14)16-7-4-3-5-8-16)20(24)22-12-6-9-17(13-22)15(2)23/h3-5,7-8,10-11,15,17,23H,6,9,12-13H2,1-2H3. The third-order valence-electron chi connectivity index (χ3n) is 4.81. The first-order valence-corrected chi connectivity index (χ1v) is 8.56. The van der Waals surface area contributed by atoms with Crippen LogP contribution in [0.1, 0.15) is 35.8 Å². The molecule has 3 rings (SSSR count). The summed E-state index contributed by atoms with van der Waals surface area (Å²) in [6.45, 7) is 5.06. The molecule has 126 valence electrons. The zero-order chi connectivity index (χ0) is 17.1. The van der Waals surface area contributed by atoms with Crippen LogP contribution in [0.3, 0.4) is 0 Å². The zero-order valence-corrected chi connectivity index (χ0v) is 14.3. The summed E-state index contributed by atoms with van der Waals surface area (Å²) in [4.78, 5) is 19.3. The molecule has 2 heterocycles. The highest BCUT2D eigenvalue weighted by Gasteiger charge is 2.27. The molecule has 2 aromatic rings. The number of nitrogens with zero attached hydrogens (tertiary/aromatic N) is 2. The van der Waals surface area contributed by atoms with Crippen LogP contribution in [0.2, 0.25) is 0 Å². The Morgan fingerprint density at radius 1 is 1.25 bits per heavy atom. The van der Waals surface area contributed by atoms with Crippen LogP contribution < -0.4 is 0 Å². The lowest BCUT2D eigenvalue weighted by atomic mass is 9.93. The predicted octanol–water partition coefficient (Wildman–Crippen LogP) is 3.29. The minimum Gasteiger partial charge on any atom is -0.393 e. The van der Waals surface area contributed by atoms with Crippen molar-refractivity contribution in [2.75, 3.05) is 13.1 Å². The molecule has 1 saturated heterocycles. The normalized spacial score (nSPS) is 19.1. The Labute approximate surface area is 143 Å². The third-order valence-corrected chi connectivity index (χ3v) is 4.81. The maximum atomic E-state index is 12.8. The van der Waals surface area contributed by atoms with Crippen molar-refractivity contribution in [3.05, 3.63) is 53.7 Å². The van der Waals surface area contributed by atoms with E-state index >= 15 is 0 Å². The first-order chi connectivity index (χ1) is 11.6. The fraction of sp³-hybridized carbons (Fsp3) is 0.400. The van der Waals surface area contributed by atoms with Gasteiger partial charge in [0, 0.05) is 24.6 Å². The van der Waals surface area contributed by atoms with Gasteiger partial charge in [0.25, 0.3) is 5.91 Å². The molecule has 0 bridgehead atoms. The van der Waals surface area contributed by atoms with Gasteiger partial charge in [-0.1, -0.05) is 30.3 Å². The minimum absolute atomic E-state index is 0.0185. The summed E-state index contributed by atoms with van der Waals surface area (Å²) in [5, 5.41) is 9.81. The van der Waals surface area contributed by atoms with Crippen LogP contribution in [0.5, 0.6) is 0 Å². The molecule has 4 nitrogen and oxygen atoms in total. The van der Waals surface area contributed by atoms with E-state index < -0.39 is 0 Å². The Morgan fingerprint density at radius 3 is 2.67 bits per heavy atom. The van der Waals surface area contributed by atoms with Crippen molar-refractivity contribution in [1.82, 2.24) is 9.88 Å². The van der Waals surface area contributed by atoms with Gasteiger partial charge in [0.15, 0.2) is 0 Å². The summed E-state index contributed by atoms with van der Waals surface area (Å²) in [5.74, 6) is 0.185. The highest BCUT2D eigenvalue weighted by atomic mass is 16.3. The summed E-state index contributed by atoms with van der Waals surface area (Å²) < 4.78 is 0. The number of aliphatic hydroxyl groups is 1. The van der Waals surface area contributed by atoms with Crippen molar-refractivity contribution in [3.8, 4) is 11.3 Å². The molecule has 1 aromatic carbocycles. The highest BCUT2D eigenvalue weighted by Crippen LogP contribution is 2.23. The van der Waals surface area contributed by atoms with Crippen molar-refractivity contribution in [3.63, 3.8) is 0 Å². The highest BCUT2D eigenvalue weighted by molar-refractivity contribution is 5.95. The number of hydrogen-bond acceptors (Lipinski definition) is 3. The summed E-state index contributed by atoms with van der Waals surface area (Å²) in [7, 11) is 0. The van der Waals surface area contributed by atoms with E-state index in [-0.39, 0.29) is 17.9 Å². The monoisotopic (exact) mass is 324 g/mol. The Balaban J connectivity index is 1.80. The van der Waals surface area contributed by atoms with Crippen molar-refractivity contribution >= 4 is 5.91 Å². The maximum absolute atomic E-state index is 12.8. The number of rotatable bonds is 3. The lowest BCUT2D eigenvalue weighted by Crippen LogP contribution is -2.43. The van der Waals surface area contributed by atoms with Crippen LogP contribution in [-0.4, -0.2) is 40.1 Å². The first kappa shape index (κ1) is 16.7. The fourth-order valence-corrected chi connectivity index (χ4v) is 3.32. The number of piperidine rings is 1. The number of pyridine rings is 1. The number of aryl methyl sites for hydroxylation is 1. The first-order valence-electron chi connectivity index (χ1n) is 8.56. The number of benzene rings is 1. The van der Waals surface area contributed by atoms with Gasteiger partial charge in [-0.15, -0.1) is 0 Å².